The summed E-state index contributed by atoms with van der Waals surface area (Å²) in [5, 5.41) is 11.7. The predicted molar refractivity (Wildman–Crippen MR) is 73.8 cm³/mol. The summed E-state index contributed by atoms with van der Waals surface area (Å²) in [6.45, 7) is 3.99. The first-order chi connectivity index (χ1) is 8.99. The Hall–Kier alpha value is -2.06. The van der Waals surface area contributed by atoms with Gasteiger partial charge in [-0.1, -0.05) is 19.9 Å². The largest absolute Gasteiger partial charge is 0.495 e. The molecule has 1 aromatic carbocycles. The second-order valence-electron chi connectivity index (χ2n) is 4.72. The van der Waals surface area contributed by atoms with Gasteiger partial charge in [0.2, 0.25) is 5.91 Å². The SMILES string of the molecule is COc1cccc(C#N)c1NC(=O)[C@H](N)CC(C)C. The maximum absolute atomic E-state index is 12.0. The number of carbonyl (C=O) groups is 1. The topological polar surface area (TPSA) is 88.1 Å². The molecule has 0 aromatic heterocycles. The molecular weight excluding hydrogens is 242 g/mol. The summed E-state index contributed by atoms with van der Waals surface area (Å²) in [6, 6.07) is 6.42. The predicted octanol–water partition coefficient (Wildman–Crippen LogP) is 1.88. The summed E-state index contributed by atoms with van der Waals surface area (Å²) in [7, 11) is 1.49. The van der Waals surface area contributed by atoms with Crippen LogP contribution in [-0.4, -0.2) is 19.1 Å². The molecule has 0 fully saturated rings. The number of hydrogen-bond acceptors (Lipinski definition) is 4. The first-order valence-electron chi connectivity index (χ1n) is 6.13. The lowest BCUT2D eigenvalue weighted by Gasteiger charge is -2.16. The van der Waals surface area contributed by atoms with Crippen molar-refractivity contribution in [3.63, 3.8) is 0 Å². The molecule has 0 heterocycles. The Morgan fingerprint density at radius 2 is 2.21 bits per heavy atom. The van der Waals surface area contributed by atoms with Crippen molar-refractivity contribution in [2.45, 2.75) is 26.3 Å². The van der Waals surface area contributed by atoms with Crippen LogP contribution in [0.15, 0.2) is 18.2 Å². The summed E-state index contributed by atoms with van der Waals surface area (Å²) in [4.78, 5) is 12.0. The third kappa shape index (κ3) is 3.97. The lowest BCUT2D eigenvalue weighted by molar-refractivity contribution is -0.117. The maximum Gasteiger partial charge on any atom is 0.241 e. The van der Waals surface area contributed by atoms with Gasteiger partial charge in [0.15, 0.2) is 0 Å². The van der Waals surface area contributed by atoms with E-state index in [0.717, 1.165) is 0 Å². The number of amides is 1. The van der Waals surface area contributed by atoms with Crippen molar-refractivity contribution in [3.8, 4) is 11.8 Å². The maximum atomic E-state index is 12.0. The molecule has 0 radical (unpaired) electrons. The van der Waals surface area contributed by atoms with Gasteiger partial charge in [0.25, 0.3) is 0 Å². The van der Waals surface area contributed by atoms with E-state index in [1.807, 2.05) is 19.9 Å². The van der Waals surface area contributed by atoms with Gasteiger partial charge < -0.3 is 15.8 Å². The third-order valence-electron chi connectivity index (χ3n) is 2.68. The number of carbonyl (C=O) groups excluding carboxylic acids is 1. The van der Waals surface area contributed by atoms with E-state index in [1.54, 1.807) is 18.2 Å². The molecule has 3 N–H and O–H groups in total. The Kier molecular flexibility index (Phi) is 5.34. The average Bonchev–Trinajstić information content (AvgIpc) is 2.37. The lowest BCUT2D eigenvalue weighted by atomic mass is 10.0. The van der Waals surface area contributed by atoms with E-state index in [9.17, 15) is 4.79 Å². The lowest BCUT2D eigenvalue weighted by Crippen LogP contribution is -2.36. The molecule has 1 rings (SSSR count). The van der Waals surface area contributed by atoms with Gasteiger partial charge in [0.1, 0.15) is 17.5 Å². The molecule has 0 bridgehead atoms. The number of nitrogens with zero attached hydrogens (tertiary/aromatic N) is 1. The molecule has 1 amide bonds. The molecule has 19 heavy (non-hydrogen) atoms. The van der Waals surface area contributed by atoms with Gasteiger partial charge in [0, 0.05) is 0 Å². The van der Waals surface area contributed by atoms with E-state index < -0.39 is 6.04 Å². The van der Waals surface area contributed by atoms with Crippen molar-refractivity contribution in [3.05, 3.63) is 23.8 Å². The van der Waals surface area contributed by atoms with Crippen molar-refractivity contribution in [1.82, 2.24) is 0 Å². The minimum Gasteiger partial charge on any atom is -0.495 e. The Morgan fingerprint density at radius 3 is 2.74 bits per heavy atom. The Balaban J connectivity index is 2.93. The highest BCUT2D eigenvalue weighted by Gasteiger charge is 2.18. The van der Waals surface area contributed by atoms with E-state index in [-0.39, 0.29) is 5.91 Å². The number of methoxy groups -OCH3 is 1. The third-order valence-corrected chi connectivity index (χ3v) is 2.68. The molecular formula is C14H19N3O2. The molecule has 0 unspecified atom stereocenters. The van der Waals surface area contributed by atoms with Crippen molar-refractivity contribution >= 4 is 11.6 Å². The van der Waals surface area contributed by atoms with Crippen LogP contribution in [0.2, 0.25) is 0 Å². The number of para-hydroxylation sites is 1. The summed E-state index contributed by atoms with van der Waals surface area (Å²) in [5.41, 5.74) is 6.54. The molecule has 1 atom stereocenters. The van der Waals surface area contributed by atoms with Crippen molar-refractivity contribution < 1.29 is 9.53 Å². The highest BCUT2D eigenvalue weighted by Crippen LogP contribution is 2.28. The molecule has 1 aromatic rings. The van der Waals surface area contributed by atoms with Crippen molar-refractivity contribution in [2.24, 2.45) is 11.7 Å². The zero-order valence-electron chi connectivity index (χ0n) is 11.4. The first kappa shape index (κ1) is 15.0. The molecule has 5 heteroatoms. The molecule has 102 valence electrons. The van der Waals surface area contributed by atoms with Gasteiger partial charge in [-0.05, 0) is 24.5 Å². The molecule has 0 spiro atoms. The van der Waals surface area contributed by atoms with Crippen LogP contribution >= 0.6 is 0 Å². The number of nitrogens with one attached hydrogen (secondary N) is 1. The second-order valence-corrected chi connectivity index (χ2v) is 4.72. The number of anilines is 1. The monoisotopic (exact) mass is 261 g/mol. The van der Waals surface area contributed by atoms with Gasteiger partial charge in [0.05, 0.1) is 18.7 Å². The zero-order chi connectivity index (χ0) is 14.4. The minimum absolute atomic E-state index is 0.310. The summed E-state index contributed by atoms with van der Waals surface area (Å²) < 4.78 is 5.14. The Morgan fingerprint density at radius 1 is 1.53 bits per heavy atom. The molecule has 0 aliphatic carbocycles. The smallest absolute Gasteiger partial charge is 0.241 e. The summed E-state index contributed by atoms with van der Waals surface area (Å²) in [6.07, 6.45) is 0.586. The number of rotatable bonds is 5. The van der Waals surface area contributed by atoms with Gasteiger partial charge in [-0.3, -0.25) is 4.79 Å². The van der Waals surface area contributed by atoms with Gasteiger partial charge in [-0.25, -0.2) is 0 Å². The fourth-order valence-corrected chi connectivity index (χ4v) is 1.75. The van der Waals surface area contributed by atoms with Crippen molar-refractivity contribution in [2.75, 3.05) is 12.4 Å². The molecule has 0 saturated carbocycles. The zero-order valence-corrected chi connectivity index (χ0v) is 11.4. The normalized spacial score (nSPS) is 11.8. The molecule has 0 saturated heterocycles. The number of nitriles is 1. The van der Waals surface area contributed by atoms with E-state index in [2.05, 4.69) is 5.32 Å². The fourth-order valence-electron chi connectivity index (χ4n) is 1.75. The second kappa shape index (κ2) is 6.76. The van der Waals surface area contributed by atoms with Crippen LogP contribution in [0.5, 0.6) is 5.75 Å². The van der Waals surface area contributed by atoms with E-state index in [4.69, 9.17) is 15.7 Å². The van der Waals surface area contributed by atoms with E-state index >= 15 is 0 Å². The standard InChI is InChI=1S/C14H19N3O2/c1-9(2)7-11(16)14(18)17-13-10(8-15)5-4-6-12(13)19-3/h4-6,9,11H,7,16H2,1-3H3,(H,17,18)/t11-/m1/s1. The molecule has 5 nitrogen and oxygen atoms in total. The van der Waals surface area contributed by atoms with Gasteiger partial charge in [-0.2, -0.15) is 5.26 Å². The van der Waals surface area contributed by atoms with Crippen LogP contribution < -0.4 is 15.8 Å². The number of nitrogens with two attached hydrogens (primary N) is 1. The quantitative estimate of drug-likeness (QED) is 0.847. The highest BCUT2D eigenvalue weighted by molar-refractivity contribution is 5.97. The van der Waals surface area contributed by atoms with Gasteiger partial charge >= 0.3 is 0 Å². The molecule has 0 aliphatic heterocycles. The highest BCUT2D eigenvalue weighted by atomic mass is 16.5. The number of benzene rings is 1. The summed E-state index contributed by atoms with van der Waals surface area (Å²) in [5.74, 6) is 0.465. The number of ether oxygens (including phenoxy) is 1. The van der Waals surface area contributed by atoms with Crippen LogP contribution in [0.3, 0.4) is 0 Å². The minimum atomic E-state index is -0.601. The van der Waals surface area contributed by atoms with E-state index in [1.165, 1.54) is 7.11 Å². The Labute approximate surface area is 113 Å². The van der Waals surface area contributed by atoms with Crippen LogP contribution in [0.25, 0.3) is 0 Å². The fraction of sp³-hybridized carbons (Fsp3) is 0.429. The number of hydrogen-bond donors (Lipinski definition) is 2. The average molecular weight is 261 g/mol. The first-order valence-corrected chi connectivity index (χ1v) is 6.13. The van der Waals surface area contributed by atoms with Crippen LogP contribution in [0, 0.1) is 17.2 Å². The summed E-state index contributed by atoms with van der Waals surface area (Å²) >= 11 is 0. The van der Waals surface area contributed by atoms with Crippen molar-refractivity contribution in [1.29, 1.82) is 5.26 Å². The molecule has 0 aliphatic rings. The van der Waals surface area contributed by atoms with Crippen LogP contribution in [0.4, 0.5) is 5.69 Å². The Bertz CT molecular complexity index is 492. The van der Waals surface area contributed by atoms with Crippen LogP contribution in [-0.2, 0) is 4.79 Å². The van der Waals surface area contributed by atoms with Crippen LogP contribution in [0.1, 0.15) is 25.8 Å². The van der Waals surface area contributed by atoms with E-state index in [0.29, 0.717) is 29.3 Å². The van der Waals surface area contributed by atoms with Gasteiger partial charge in [-0.15, -0.1) is 0 Å².